The monoisotopic (exact) mass is 800 g/mol. The van der Waals surface area contributed by atoms with E-state index >= 15 is 0 Å². The molecule has 0 spiro atoms. The molecule has 4 aromatic rings. The summed E-state index contributed by atoms with van der Waals surface area (Å²) in [6.07, 6.45) is 1.57. The zero-order chi connectivity index (χ0) is 38.7. The Morgan fingerprint density at radius 2 is 1.89 bits per heavy atom. The lowest BCUT2D eigenvalue weighted by molar-refractivity contribution is -0.145. The Kier molecular flexibility index (Phi) is 12.0. The van der Waals surface area contributed by atoms with Gasteiger partial charge < -0.3 is 24.2 Å². The molecule has 2 fully saturated rings. The number of carboxylic acid groups (broad SMARTS) is 1. The van der Waals surface area contributed by atoms with Crippen molar-refractivity contribution in [2.24, 2.45) is 0 Å². The molecular formula is C39H44ClF3N6O5S. The highest BCUT2D eigenvalue weighted by Gasteiger charge is 2.33. The minimum Gasteiger partial charge on any atom is -0.495 e. The van der Waals surface area contributed by atoms with Gasteiger partial charge in [0.05, 0.1) is 26.5 Å². The molecule has 0 bridgehead atoms. The van der Waals surface area contributed by atoms with E-state index in [1.807, 2.05) is 6.92 Å². The van der Waals surface area contributed by atoms with Gasteiger partial charge in [0.25, 0.3) is 0 Å². The summed E-state index contributed by atoms with van der Waals surface area (Å²) < 4.78 is 64.0. The number of nitrogens with zero attached hydrogens (tertiary/aromatic N) is 6. The lowest BCUT2D eigenvalue weighted by atomic mass is 9.77. The Morgan fingerprint density at radius 1 is 1.11 bits per heavy atom. The van der Waals surface area contributed by atoms with Crippen LogP contribution in [0.25, 0.3) is 15.7 Å². The Balaban J connectivity index is 1.14. The number of para-hydroxylation sites is 1. The molecule has 7 rings (SSSR count). The lowest BCUT2D eigenvalue weighted by Gasteiger charge is -2.32. The van der Waals surface area contributed by atoms with Gasteiger partial charge in [0.2, 0.25) is 12.0 Å². The third-order valence-electron chi connectivity index (χ3n) is 10.6. The minimum atomic E-state index is -4.45. The number of ether oxygens (including phenoxy) is 3. The van der Waals surface area contributed by atoms with Gasteiger partial charge in [0.15, 0.2) is 0 Å². The number of fused-ring (bicyclic) bond motifs is 1. The van der Waals surface area contributed by atoms with E-state index < -0.39 is 24.8 Å². The van der Waals surface area contributed by atoms with E-state index in [2.05, 4.69) is 26.3 Å². The predicted molar refractivity (Wildman–Crippen MR) is 203 cm³/mol. The van der Waals surface area contributed by atoms with Crippen LogP contribution >= 0.6 is 23.1 Å². The quantitative estimate of drug-likeness (QED) is 0.129. The molecule has 1 aromatic carbocycles. The summed E-state index contributed by atoms with van der Waals surface area (Å²) in [6.45, 7) is 6.06. The molecule has 0 unspecified atom stereocenters. The highest BCUT2D eigenvalue weighted by Crippen LogP contribution is 2.48. The normalized spacial score (nSPS) is 18.1. The van der Waals surface area contributed by atoms with Crippen LogP contribution < -0.4 is 9.47 Å². The number of rotatable bonds is 15. The first-order valence-electron chi connectivity index (χ1n) is 18.5. The van der Waals surface area contributed by atoms with Gasteiger partial charge in [-0.15, -0.1) is 0 Å². The van der Waals surface area contributed by atoms with Crippen molar-refractivity contribution in [2.45, 2.75) is 76.8 Å². The van der Waals surface area contributed by atoms with E-state index in [0.29, 0.717) is 41.2 Å². The molecule has 16 heteroatoms. The van der Waals surface area contributed by atoms with Gasteiger partial charge in [-0.3, -0.25) is 14.6 Å². The van der Waals surface area contributed by atoms with Crippen LogP contribution in [0.2, 0.25) is 0 Å². The third-order valence-corrected chi connectivity index (χ3v) is 11.9. The van der Waals surface area contributed by atoms with Crippen molar-refractivity contribution in [1.82, 2.24) is 28.9 Å². The zero-order valence-corrected chi connectivity index (χ0v) is 32.4. The number of benzene rings is 1. The van der Waals surface area contributed by atoms with Gasteiger partial charge in [0.1, 0.15) is 31.3 Å². The number of carbonyl (C=O) groups is 1. The molecule has 1 saturated carbocycles. The molecule has 294 valence electrons. The topological polar surface area (TPSA) is 115 Å². The summed E-state index contributed by atoms with van der Waals surface area (Å²) in [4.78, 5) is 22.5. The maximum atomic E-state index is 13.1. The van der Waals surface area contributed by atoms with Crippen LogP contribution in [-0.4, -0.2) is 98.7 Å². The van der Waals surface area contributed by atoms with Gasteiger partial charge in [-0.05, 0) is 73.6 Å². The number of allylic oxidation sites excluding steroid dienone is 4. The fourth-order valence-corrected chi connectivity index (χ4v) is 8.23. The molecule has 1 aliphatic heterocycles. The fourth-order valence-electron chi connectivity index (χ4n) is 7.27. The molecule has 2 aliphatic carbocycles. The summed E-state index contributed by atoms with van der Waals surface area (Å²) in [5, 5.41) is 15.5. The van der Waals surface area contributed by atoms with Gasteiger partial charge in [0, 0.05) is 69.4 Å². The van der Waals surface area contributed by atoms with Crippen molar-refractivity contribution in [1.29, 1.82) is 0 Å². The number of pyridine rings is 1. The predicted octanol–water partition coefficient (Wildman–Crippen LogP) is 7.65. The average molecular weight is 801 g/mol. The Morgan fingerprint density at radius 3 is 2.62 bits per heavy atom. The molecule has 1 saturated heterocycles. The number of hydrogen-bond acceptors (Lipinski definition) is 10. The number of carboxylic acids is 1. The largest absolute Gasteiger partial charge is 0.495 e. The van der Waals surface area contributed by atoms with Crippen LogP contribution in [-0.2, 0) is 29.1 Å². The SMILES string of the molecule is CC1=C(c2c(C3CCC3)ncc3snc(O[C@H](Cc4ccccc4OCc4ccnn4CC(F)(F)F)C(=O)O)c23)CCC(OCCN2CCN(C)CC2)=C1Cl. The highest BCUT2D eigenvalue weighted by molar-refractivity contribution is 7.13. The maximum absolute atomic E-state index is 13.1. The molecule has 3 aliphatic rings. The molecule has 4 heterocycles. The number of likely N-dealkylation sites (N-methyl/N-ethyl adjacent to an activating group) is 1. The van der Waals surface area contributed by atoms with E-state index in [0.717, 1.165) is 89.5 Å². The van der Waals surface area contributed by atoms with Crippen LogP contribution in [0.4, 0.5) is 13.2 Å². The first-order valence-corrected chi connectivity index (χ1v) is 19.7. The number of halogens is 4. The molecular weight excluding hydrogens is 757 g/mol. The smallest absolute Gasteiger partial charge is 0.408 e. The average Bonchev–Trinajstić information content (AvgIpc) is 3.75. The first kappa shape index (κ1) is 39.1. The molecule has 55 heavy (non-hydrogen) atoms. The van der Waals surface area contributed by atoms with Gasteiger partial charge in [-0.1, -0.05) is 36.2 Å². The maximum Gasteiger partial charge on any atom is 0.408 e. The summed E-state index contributed by atoms with van der Waals surface area (Å²) >= 11 is 8.25. The first-order chi connectivity index (χ1) is 26.4. The molecule has 1 N–H and O–H groups in total. The number of hydrogen-bond donors (Lipinski definition) is 1. The van der Waals surface area contributed by atoms with E-state index in [9.17, 15) is 23.1 Å². The van der Waals surface area contributed by atoms with E-state index in [1.54, 1.807) is 30.5 Å². The third kappa shape index (κ3) is 9.11. The number of alkyl halides is 3. The zero-order valence-electron chi connectivity index (χ0n) is 30.8. The fraction of sp³-hybridized carbons (Fsp3) is 0.487. The molecule has 11 nitrogen and oxygen atoms in total. The van der Waals surface area contributed by atoms with Gasteiger partial charge >= 0.3 is 12.1 Å². The molecule has 3 aromatic heterocycles. The Labute approximate surface area is 326 Å². The van der Waals surface area contributed by atoms with Crippen LogP contribution in [0.3, 0.4) is 0 Å². The minimum absolute atomic E-state index is 0.0899. The van der Waals surface area contributed by atoms with E-state index in [1.165, 1.54) is 23.8 Å². The van der Waals surface area contributed by atoms with E-state index in [4.69, 9.17) is 30.8 Å². The van der Waals surface area contributed by atoms with Crippen LogP contribution in [0.5, 0.6) is 11.6 Å². The molecule has 0 radical (unpaired) electrons. The molecule has 0 amide bonds. The van der Waals surface area contributed by atoms with Crippen LogP contribution in [0, 0.1) is 0 Å². The van der Waals surface area contributed by atoms with Crippen LogP contribution in [0.1, 0.15) is 67.5 Å². The second-order valence-corrected chi connectivity index (χ2v) is 15.5. The Bertz CT molecular complexity index is 2070. The molecule has 1 atom stereocenters. The highest BCUT2D eigenvalue weighted by atomic mass is 35.5. The van der Waals surface area contributed by atoms with Crippen molar-refractivity contribution in [3.05, 3.63) is 81.6 Å². The van der Waals surface area contributed by atoms with Crippen molar-refractivity contribution < 1.29 is 37.3 Å². The van der Waals surface area contributed by atoms with E-state index in [-0.39, 0.29) is 30.5 Å². The summed E-state index contributed by atoms with van der Waals surface area (Å²) in [5.41, 5.74) is 4.50. The number of aliphatic carboxylic acids is 1. The number of piperazine rings is 1. The summed E-state index contributed by atoms with van der Waals surface area (Å²) in [7, 11) is 2.14. The van der Waals surface area contributed by atoms with Gasteiger partial charge in [-0.25, -0.2) is 4.79 Å². The standard InChI is InChI=1S/C39H44ClF3N6O5S/c1-24-28(10-11-30(35(24)40)52-19-18-48-16-14-47(2)15-17-48)33-34-32(21-44-36(33)25-7-5-8-25)55-46-37(34)54-31(38(50)51)20-26-6-3-4-9-29(26)53-22-27-12-13-45-49(27)23-39(41,42)43/h3-4,6,9,12-13,21,25,31H,5,7-8,10-11,14-20,22-23H2,1-2H3,(H,50,51)/t31-/m1/s1. The number of aromatic nitrogens is 4. The summed E-state index contributed by atoms with van der Waals surface area (Å²) in [6, 6.07) is 8.25. The van der Waals surface area contributed by atoms with Gasteiger partial charge in [-0.2, -0.15) is 22.6 Å². The second kappa shape index (κ2) is 16.9. The van der Waals surface area contributed by atoms with Crippen molar-refractivity contribution in [2.75, 3.05) is 46.4 Å². The van der Waals surface area contributed by atoms with Crippen molar-refractivity contribution in [3.63, 3.8) is 0 Å². The second-order valence-electron chi connectivity index (χ2n) is 14.3. The Hall–Kier alpha value is -4.18. The summed E-state index contributed by atoms with van der Waals surface area (Å²) in [5.74, 6) is 0.353. The van der Waals surface area contributed by atoms with Crippen molar-refractivity contribution >= 4 is 44.8 Å². The van der Waals surface area contributed by atoms with Crippen molar-refractivity contribution in [3.8, 4) is 11.6 Å². The lowest BCUT2D eigenvalue weighted by Crippen LogP contribution is -2.45. The van der Waals surface area contributed by atoms with Crippen LogP contribution in [0.15, 0.2) is 59.1 Å².